The number of aliphatic hydroxyl groups excluding tert-OH is 7. The van der Waals surface area contributed by atoms with Crippen LogP contribution >= 0.6 is 0 Å². The summed E-state index contributed by atoms with van der Waals surface area (Å²) < 4.78 is 21.6. The van der Waals surface area contributed by atoms with Crippen LogP contribution in [0.2, 0.25) is 0 Å². The first kappa shape index (κ1) is 45.2. The van der Waals surface area contributed by atoms with Crippen molar-refractivity contribution in [2.75, 3.05) is 19.8 Å². The zero-order valence-electron chi connectivity index (χ0n) is 30.9. The summed E-state index contributed by atoms with van der Waals surface area (Å²) in [6, 6.07) is 0. The lowest BCUT2D eigenvalue weighted by atomic mass is 9.99. The molecule has 2 rings (SSSR count). The van der Waals surface area contributed by atoms with Crippen molar-refractivity contribution in [3.8, 4) is 0 Å². The number of unbranched alkanes of at least 4 members (excludes halogenated alkanes) is 22. The molecule has 0 spiro atoms. The molecule has 2 fully saturated rings. The highest BCUT2D eigenvalue weighted by Crippen LogP contribution is 2.36. The third-order valence-electron chi connectivity index (χ3n) is 10.3. The van der Waals surface area contributed by atoms with Gasteiger partial charge in [-0.25, -0.2) is 0 Å². The number of carbonyl (C=O) groups excluding carboxylic acids is 1. The maximum Gasteiger partial charge on any atom is 0.305 e. The number of carbonyl (C=O) groups is 1. The lowest BCUT2D eigenvalue weighted by Gasteiger charge is -2.43. The van der Waals surface area contributed by atoms with E-state index in [0.717, 1.165) is 19.3 Å². The molecular formula is C38H72O12. The summed E-state index contributed by atoms with van der Waals surface area (Å²) in [5.41, 5.74) is 0. The topological polar surface area (TPSA) is 196 Å². The molecule has 0 aromatic rings. The molecule has 0 saturated carbocycles. The Kier molecular flexibility index (Phi) is 24.2. The Balaban J connectivity index is 1.44. The largest absolute Gasteiger partial charge is 0.463 e. The third-order valence-corrected chi connectivity index (χ3v) is 10.3. The molecule has 0 bridgehead atoms. The molecule has 2 aliphatic rings. The van der Waals surface area contributed by atoms with E-state index in [1.54, 1.807) is 0 Å². The van der Waals surface area contributed by atoms with E-state index >= 15 is 0 Å². The summed E-state index contributed by atoms with van der Waals surface area (Å²) >= 11 is 0. The van der Waals surface area contributed by atoms with Gasteiger partial charge in [-0.15, -0.1) is 0 Å². The SMILES string of the molecule is CCCCCCCCCCCCCCCCCCCCCCCCCC(=O)OC[C@H]1O[C@H](O[C@]2(CO)O[C@H](CO)[C@@H](O)[C@@H]2O)[C@H](O)[C@@H](O)[C@@H]1O. The van der Waals surface area contributed by atoms with Crippen LogP contribution in [0.1, 0.15) is 161 Å². The number of rotatable bonds is 30. The van der Waals surface area contributed by atoms with E-state index in [2.05, 4.69) is 6.92 Å². The molecule has 0 aromatic heterocycles. The number of ether oxygens (including phenoxy) is 4. The van der Waals surface area contributed by atoms with Crippen molar-refractivity contribution in [2.45, 2.75) is 216 Å². The predicted octanol–water partition coefficient (Wildman–Crippen LogP) is 4.54. The van der Waals surface area contributed by atoms with Crippen molar-refractivity contribution in [1.29, 1.82) is 0 Å². The molecule has 2 aliphatic heterocycles. The first-order valence-electron chi connectivity index (χ1n) is 20.0. The lowest BCUT2D eigenvalue weighted by molar-refractivity contribution is -0.383. The Labute approximate surface area is 300 Å². The molecule has 0 radical (unpaired) electrons. The van der Waals surface area contributed by atoms with Gasteiger partial charge < -0.3 is 54.7 Å². The van der Waals surface area contributed by atoms with E-state index in [9.17, 15) is 40.5 Å². The second-order valence-corrected chi connectivity index (χ2v) is 14.6. The summed E-state index contributed by atoms with van der Waals surface area (Å²) in [6.45, 7) is 0.179. The Morgan fingerprint density at radius 2 is 1.02 bits per heavy atom. The fourth-order valence-electron chi connectivity index (χ4n) is 6.92. The zero-order valence-corrected chi connectivity index (χ0v) is 30.9. The van der Waals surface area contributed by atoms with Crippen LogP contribution < -0.4 is 0 Å². The van der Waals surface area contributed by atoms with Crippen molar-refractivity contribution in [1.82, 2.24) is 0 Å². The minimum atomic E-state index is -2.27. The molecule has 7 N–H and O–H groups in total. The van der Waals surface area contributed by atoms with E-state index in [4.69, 9.17) is 18.9 Å². The van der Waals surface area contributed by atoms with E-state index < -0.39 is 80.6 Å². The van der Waals surface area contributed by atoms with Gasteiger partial charge in [-0.05, 0) is 6.42 Å². The van der Waals surface area contributed by atoms with Gasteiger partial charge in [0.05, 0.1) is 6.61 Å². The fraction of sp³-hybridized carbons (Fsp3) is 0.974. The molecule has 2 heterocycles. The van der Waals surface area contributed by atoms with Crippen molar-refractivity contribution in [2.24, 2.45) is 0 Å². The van der Waals surface area contributed by atoms with Crippen molar-refractivity contribution in [3.05, 3.63) is 0 Å². The van der Waals surface area contributed by atoms with Crippen molar-refractivity contribution >= 4 is 5.97 Å². The molecule has 12 nitrogen and oxygen atoms in total. The highest BCUT2D eigenvalue weighted by atomic mass is 16.8. The molecule has 0 amide bonds. The summed E-state index contributed by atoms with van der Waals surface area (Å²) in [5.74, 6) is -2.76. The minimum absolute atomic E-state index is 0.196. The van der Waals surface area contributed by atoms with E-state index in [1.165, 1.54) is 122 Å². The normalized spacial score (nSPS) is 29.8. The maximum absolute atomic E-state index is 12.3. The smallest absolute Gasteiger partial charge is 0.305 e. The highest BCUT2D eigenvalue weighted by Gasteiger charge is 2.58. The van der Waals surface area contributed by atoms with Gasteiger partial charge in [0.1, 0.15) is 55.9 Å². The van der Waals surface area contributed by atoms with Gasteiger partial charge in [0.25, 0.3) is 0 Å². The molecule has 9 atom stereocenters. The van der Waals surface area contributed by atoms with Crippen LogP contribution in [-0.4, -0.2) is 116 Å². The van der Waals surface area contributed by atoms with Gasteiger partial charge in [-0.1, -0.05) is 148 Å². The summed E-state index contributed by atoms with van der Waals surface area (Å²) in [4.78, 5) is 12.3. The Bertz CT molecular complexity index is 849. The average Bonchev–Trinajstić information content (AvgIpc) is 3.36. The zero-order chi connectivity index (χ0) is 36.6. The quantitative estimate of drug-likeness (QED) is 0.0405. The van der Waals surface area contributed by atoms with Crippen LogP contribution in [0.25, 0.3) is 0 Å². The maximum atomic E-state index is 12.3. The Morgan fingerprint density at radius 3 is 1.42 bits per heavy atom. The molecule has 2 saturated heterocycles. The first-order chi connectivity index (χ1) is 24.2. The number of hydrogen-bond donors (Lipinski definition) is 7. The monoisotopic (exact) mass is 721 g/mol. The molecule has 296 valence electrons. The Hall–Kier alpha value is -0.930. The van der Waals surface area contributed by atoms with Crippen LogP contribution in [0.4, 0.5) is 0 Å². The van der Waals surface area contributed by atoms with Crippen molar-refractivity contribution in [3.63, 3.8) is 0 Å². The molecule has 50 heavy (non-hydrogen) atoms. The van der Waals surface area contributed by atoms with E-state index in [0.29, 0.717) is 6.42 Å². The predicted molar refractivity (Wildman–Crippen MR) is 189 cm³/mol. The molecule has 0 aromatic carbocycles. The summed E-state index contributed by atoms with van der Waals surface area (Å²) in [7, 11) is 0. The summed E-state index contributed by atoms with van der Waals surface area (Å²) in [5, 5.41) is 70.8. The van der Waals surface area contributed by atoms with E-state index in [-0.39, 0.29) is 6.42 Å². The standard InChI is InChI=1S/C38H72O12/c1-2-3-4-5-6-7-8-9-10-11-12-13-14-15-16-17-18-19-20-21-22-23-24-25-31(41)47-27-30-32(42)34(44)35(45)37(48-30)50-38(28-40)36(46)33(43)29(26-39)49-38/h29-30,32-37,39-40,42-46H,2-28H2,1H3/t29-,30-,32-,33-,34+,35-,36+,37-,38+/m1/s1. The minimum Gasteiger partial charge on any atom is -0.463 e. The van der Waals surface area contributed by atoms with Gasteiger partial charge in [0.15, 0.2) is 6.29 Å². The molecule has 12 heteroatoms. The van der Waals surface area contributed by atoms with Crippen LogP contribution in [0, 0.1) is 0 Å². The van der Waals surface area contributed by atoms with Crippen molar-refractivity contribution < 1.29 is 59.5 Å². The molecule has 0 aliphatic carbocycles. The van der Waals surface area contributed by atoms with Crippen LogP contribution in [0.3, 0.4) is 0 Å². The Morgan fingerprint density at radius 1 is 0.580 bits per heavy atom. The van der Waals surface area contributed by atoms with Crippen LogP contribution in [0.5, 0.6) is 0 Å². The van der Waals surface area contributed by atoms with Gasteiger partial charge >= 0.3 is 5.97 Å². The first-order valence-corrected chi connectivity index (χ1v) is 20.0. The second-order valence-electron chi connectivity index (χ2n) is 14.6. The average molecular weight is 721 g/mol. The lowest BCUT2D eigenvalue weighted by Crippen LogP contribution is -2.62. The van der Waals surface area contributed by atoms with Gasteiger partial charge in [0.2, 0.25) is 5.79 Å². The number of hydrogen-bond acceptors (Lipinski definition) is 12. The second kappa shape index (κ2) is 26.8. The fourth-order valence-corrected chi connectivity index (χ4v) is 6.92. The molecular weight excluding hydrogens is 648 g/mol. The van der Waals surface area contributed by atoms with Crippen LogP contribution in [-0.2, 0) is 23.7 Å². The van der Waals surface area contributed by atoms with Crippen LogP contribution in [0.15, 0.2) is 0 Å². The third kappa shape index (κ3) is 16.4. The number of aliphatic hydroxyl groups is 7. The van der Waals surface area contributed by atoms with Gasteiger partial charge in [0, 0.05) is 6.42 Å². The molecule has 0 unspecified atom stereocenters. The highest BCUT2D eigenvalue weighted by molar-refractivity contribution is 5.69. The summed E-state index contributed by atoms with van der Waals surface area (Å²) in [6.07, 6.45) is 17.0. The van der Waals surface area contributed by atoms with E-state index in [1.807, 2.05) is 0 Å². The number of esters is 1. The van der Waals surface area contributed by atoms with Gasteiger partial charge in [-0.2, -0.15) is 0 Å². The van der Waals surface area contributed by atoms with Gasteiger partial charge in [-0.3, -0.25) is 4.79 Å².